The lowest BCUT2D eigenvalue weighted by molar-refractivity contribution is 0.0318. The number of carbonyl (C=O) groups is 2. The molecule has 160 valence electrons. The molecular formula is C21H22ClNO6S. The molecule has 1 aliphatic rings. The average molecular weight is 452 g/mol. The standard InChI is InChI=1S/C21H22ClNO6S/c1-14(20(24)15-6-3-2-4-7-15)29-21(25)16-9-10-18(22)19(12-16)30(26,27)23-13-17-8-5-11-28-17/h2-4,6-7,9-10,12,14,17,23H,5,8,11,13H2,1H3. The fraction of sp³-hybridized carbons (Fsp3) is 0.333. The molecule has 0 radical (unpaired) electrons. The van der Waals surface area contributed by atoms with Gasteiger partial charge in [-0.3, -0.25) is 4.79 Å². The van der Waals surface area contributed by atoms with Crippen molar-refractivity contribution in [3.63, 3.8) is 0 Å². The van der Waals surface area contributed by atoms with E-state index in [0.717, 1.165) is 18.9 Å². The van der Waals surface area contributed by atoms with Gasteiger partial charge in [-0.15, -0.1) is 0 Å². The molecule has 30 heavy (non-hydrogen) atoms. The van der Waals surface area contributed by atoms with Crippen LogP contribution in [0.4, 0.5) is 0 Å². The molecule has 2 unspecified atom stereocenters. The van der Waals surface area contributed by atoms with Crippen LogP contribution >= 0.6 is 11.6 Å². The zero-order chi connectivity index (χ0) is 21.7. The maximum Gasteiger partial charge on any atom is 0.338 e. The Hall–Kier alpha value is -2.26. The minimum absolute atomic E-state index is 0.0235. The van der Waals surface area contributed by atoms with E-state index in [1.807, 2.05) is 0 Å². The lowest BCUT2D eigenvalue weighted by Crippen LogP contribution is -2.32. The second-order valence-electron chi connectivity index (χ2n) is 6.91. The summed E-state index contributed by atoms with van der Waals surface area (Å²) in [5.41, 5.74) is 0.389. The Kier molecular flexibility index (Phi) is 7.25. The van der Waals surface area contributed by atoms with Crippen LogP contribution in [-0.4, -0.2) is 45.5 Å². The summed E-state index contributed by atoms with van der Waals surface area (Å²) in [5, 5.41) is -0.0280. The number of ketones is 1. The third-order valence-electron chi connectivity index (χ3n) is 4.69. The van der Waals surface area contributed by atoms with Crippen LogP contribution in [0.2, 0.25) is 5.02 Å². The maximum atomic E-state index is 12.6. The van der Waals surface area contributed by atoms with E-state index in [0.29, 0.717) is 12.2 Å². The van der Waals surface area contributed by atoms with E-state index in [1.54, 1.807) is 30.3 Å². The number of esters is 1. The van der Waals surface area contributed by atoms with Crippen LogP contribution in [-0.2, 0) is 19.5 Å². The molecule has 0 spiro atoms. The Balaban J connectivity index is 1.71. The summed E-state index contributed by atoms with van der Waals surface area (Å²) < 4.78 is 38.4. The average Bonchev–Trinajstić information content (AvgIpc) is 3.26. The highest BCUT2D eigenvalue weighted by molar-refractivity contribution is 7.89. The van der Waals surface area contributed by atoms with E-state index in [4.69, 9.17) is 21.1 Å². The summed E-state index contributed by atoms with van der Waals surface area (Å²) in [6.07, 6.45) is 0.439. The maximum absolute atomic E-state index is 12.6. The summed E-state index contributed by atoms with van der Waals surface area (Å²) in [6.45, 7) is 2.19. The van der Waals surface area contributed by atoms with Crippen LogP contribution < -0.4 is 4.72 Å². The van der Waals surface area contributed by atoms with Crippen molar-refractivity contribution in [3.8, 4) is 0 Å². The molecular weight excluding hydrogens is 430 g/mol. The summed E-state index contributed by atoms with van der Waals surface area (Å²) >= 11 is 6.06. The number of ether oxygens (including phenoxy) is 2. The van der Waals surface area contributed by atoms with E-state index >= 15 is 0 Å². The van der Waals surface area contributed by atoms with Crippen molar-refractivity contribution in [2.24, 2.45) is 0 Å². The van der Waals surface area contributed by atoms with Crippen LogP contribution in [0.3, 0.4) is 0 Å². The van der Waals surface area contributed by atoms with E-state index in [9.17, 15) is 18.0 Å². The van der Waals surface area contributed by atoms with Gasteiger partial charge in [0.15, 0.2) is 6.10 Å². The van der Waals surface area contributed by atoms with Gasteiger partial charge in [-0.2, -0.15) is 0 Å². The number of sulfonamides is 1. The molecule has 0 bridgehead atoms. The van der Waals surface area contributed by atoms with Gasteiger partial charge in [0.2, 0.25) is 15.8 Å². The molecule has 2 aromatic rings. The number of halogens is 1. The zero-order valence-corrected chi connectivity index (χ0v) is 17.9. The molecule has 0 aromatic heterocycles. The third kappa shape index (κ3) is 5.46. The molecule has 9 heteroatoms. The molecule has 0 saturated carbocycles. The summed E-state index contributed by atoms with van der Waals surface area (Å²) in [4.78, 5) is 24.6. The van der Waals surface area contributed by atoms with Crippen molar-refractivity contribution in [1.82, 2.24) is 4.72 Å². The Morgan fingerprint density at radius 1 is 1.20 bits per heavy atom. The molecule has 0 amide bonds. The van der Waals surface area contributed by atoms with Crippen LogP contribution in [0.1, 0.15) is 40.5 Å². The summed E-state index contributed by atoms with van der Waals surface area (Å²) in [5.74, 6) is -1.18. The molecule has 3 rings (SSSR count). The van der Waals surface area contributed by atoms with Crippen LogP contribution in [0.15, 0.2) is 53.4 Å². The second-order valence-corrected chi connectivity index (χ2v) is 9.05. The topological polar surface area (TPSA) is 98.8 Å². The Morgan fingerprint density at radius 2 is 1.93 bits per heavy atom. The van der Waals surface area contributed by atoms with Crippen molar-refractivity contribution in [2.45, 2.75) is 36.9 Å². The van der Waals surface area contributed by atoms with Gasteiger partial charge in [0.25, 0.3) is 0 Å². The Labute approximate surface area is 180 Å². The van der Waals surface area contributed by atoms with Crippen LogP contribution in [0.25, 0.3) is 0 Å². The molecule has 2 aromatic carbocycles. The smallest absolute Gasteiger partial charge is 0.338 e. The molecule has 1 fully saturated rings. The van der Waals surface area contributed by atoms with Crippen molar-refractivity contribution in [2.75, 3.05) is 13.2 Å². The highest BCUT2D eigenvalue weighted by Crippen LogP contribution is 2.24. The number of Topliss-reactive ketones (excluding diaryl/α,β-unsaturated/α-hetero) is 1. The van der Waals surface area contributed by atoms with Gasteiger partial charge in [-0.1, -0.05) is 41.9 Å². The first kappa shape index (κ1) is 22.4. The Bertz CT molecular complexity index is 1020. The lowest BCUT2D eigenvalue weighted by Gasteiger charge is -2.14. The van der Waals surface area contributed by atoms with Crippen molar-refractivity contribution < 1.29 is 27.5 Å². The second kappa shape index (κ2) is 9.70. The fourth-order valence-electron chi connectivity index (χ4n) is 3.04. The van der Waals surface area contributed by atoms with E-state index < -0.39 is 22.1 Å². The summed E-state index contributed by atoms with van der Waals surface area (Å²) in [7, 11) is -3.96. The number of hydrogen-bond donors (Lipinski definition) is 1. The first-order chi connectivity index (χ1) is 14.3. The number of benzene rings is 2. The number of hydrogen-bond acceptors (Lipinski definition) is 6. The molecule has 1 aliphatic heterocycles. The normalized spacial score (nSPS) is 17.5. The lowest BCUT2D eigenvalue weighted by atomic mass is 10.1. The predicted molar refractivity (Wildman–Crippen MR) is 111 cm³/mol. The van der Waals surface area contributed by atoms with Gasteiger partial charge in [0.1, 0.15) is 4.90 Å². The van der Waals surface area contributed by atoms with Crippen molar-refractivity contribution >= 4 is 33.4 Å². The highest BCUT2D eigenvalue weighted by Gasteiger charge is 2.25. The quantitative estimate of drug-likeness (QED) is 0.488. The van der Waals surface area contributed by atoms with Gasteiger partial charge in [0, 0.05) is 18.7 Å². The van der Waals surface area contributed by atoms with Crippen LogP contribution in [0.5, 0.6) is 0 Å². The number of rotatable bonds is 8. The third-order valence-corrected chi connectivity index (χ3v) is 6.60. The molecule has 1 saturated heterocycles. The van der Waals surface area contributed by atoms with Crippen molar-refractivity contribution in [1.29, 1.82) is 0 Å². The molecule has 1 heterocycles. The van der Waals surface area contributed by atoms with E-state index in [-0.39, 0.29) is 33.9 Å². The molecule has 1 N–H and O–H groups in total. The van der Waals surface area contributed by atoms with Gasteiger partial charge in [-0.25, -0.2) is 17.9 Å². The predicted octanol–water partition coefficient (Wildman–Crippen LogP) is 3.23. The monoisotopic (exact) mass is 451 g/mol. The van der Waals surface area contributed by atoms with Gasteiger partial charge in [-0.05, 0) is 38.0 Å². The molecule has 7 nitrogen and oxygen atoms in total. The van der Waals surface area contributed by atoms with E-state index in [1.165, 1.54) is 19.1 Å². The minimum Gasteiger partial charge on any atom is -0.451 e. The fourth-order valence-corrected chi connectivity index (χ4v) is 4.63. The first-order valence-corrected chi connectivity index (χ1v) is 11.3. The minimum atomic E-state index is -3.96. The number of nitrogens with one attached hydrogen (secondary N) is 1. The van der Waals surface area contributed by atoms with Gasteiger partial charge in [0.05, 0.1) is 16.7 Å². The zero-order valence-electron chi connectivity index (χ0n) is 16.3. The first-order valence-electron chi connectivity index (χ1n) is 9.49. The Morgan fingerprint density at radius 3 is 2.60 bits per heavy atom. The largest absolute Gasteiger partial charge is 0.451 e. The van der Waals surface area contributed by atoms with Gasteiger partial charge >= 0.3 is 5.97 Å². The van der Waals surface area contributed by atoms with Gasteiger partial charge < -0.3 is 9.47 Å². The SMILES string of the molecule is CC(OC(=O)c1ccc(Cl)c(S(=O)(=O)NCC2CCCO2)c1)C(=O)c1ccccc1. The van der Waals surface area contributed by atoms with E-state index in [2.05, 4.69) is 4.72 Å². The molecule has 2 atom stereocenters. The molecule has 0 aliphatic carbocycles. The number of carbonyl (C=O) groups excluding carboxylic acids is 2. The highest BCUT2D eigenvalue weighted by atomic mass is 35.5. The van der Waals surface area contributed by atoms with Crippen molar-refractivity contribution in [3.05, 3.63) is 64.7 Å². The van der Waals surface area contributed by atoms with Crippen LogP contribution in [0, 0.1) is 0 Å². The summed E-state index contributed by atoms with van der Waals surface area (Å²) in [6, 6.07) is 12.2.